The van der Waals surface area contributed by atoms with E-state index in [-0.39, 0.29) is 0 Å². The Kier molecular flexibility index (Phi) is 4.26. The molecule has 4 heteroatoms. The Hall–Kier alpha value is -1.48. The summed E-state index contributed by atoms with van der Waals surface area (Å²) in [5.74, 6) is 1.06. The number of hydrogen-bond donors (Lipinski definition) is 1. The van der Waals surface area contributed by atoms with E-state index in [0.29, 0.717) is 0 Å². The van der Waals surface area contributed by atoms with E-state index in [0.717, 1.165) is 41.6 Å². The lowest BCUT2D eigenvalue weighted by Gasteiger charge is -2.11. The molecule has 2 rings (SSSR count). The van der Waals surface area contributed by atoms with Crippen LogP contribution in [0.3, 0.4) is 0 Å². The van der Waals surface area contributed by atoms with Crippen molar-refractivity contribution in [1.29, 1.82) is 0 Å². The molecule has 0 unspecified atom stereocenters. The summed E-state index contributed by atoms with van der Waals surface area (Å²) in [5, 5.41) is 4.17. The third-order valence-corrected chi connectivity index (χ3v) is 3.13. The van der Waals surface area contributed by atoms with Crippen molar-refractivity contribution >= 4 is 17.3 Å². The van der Waals surface area contributed by atoms with Gasteiger partial charge in [0.1, 0.15) is 5.82 Å². The number of anilines is 1. The topological polar surface area (TPSA) is 29.9 Å². The highest BCUT2D eigenvalue weighted by Crippen LogP contribution is 2.20. The van der Waals surface area contributed by atoms with Crippen molar-refractivity contribution < 1.29 is 0 Å². The van der Waals surface area contributed by atoms with E-state index in [1.807, 2.05) is 37.5 Å². The lowest BCUT2D eigenvalue weighted by atomic mass is 10.2. The molecular weight excluding hydrogens is 246 g/mol. The Bertz CT molecular complexity index is 520. The van der Waals surface area contributed by atoms with Crippen molar-refractivity contribution in [1.82, 2.24) is 9.55 Å². The number of aromatic nitrogens is 2. The van der Waals surface area contributed by atoms with Crippen LogP contribution in [0.4, 0.5) is 5.69 Å². The molecule has 1 heterocycles. The van der Waals surface area contributed by atoms with Crippen molar-refractivity contribution in [2.75, 3.05) is 5.32 Å². The highest BCUT2D eigenvalue weighted by molar-refractivity contribution is 6.30. The first-order chi connectivity index (χ1) is 8.70. The van der Waals surface area contributed by atoms with E-state index < -0.39 is 0 Å². The van der Waals surface area contributed by atoms with Crippen molar-refractivity contribution in [3.05, 3.63) is 47.0 Å². The second-order valence-corrected chi connectivity index (χ2v) is 4.79. The quantitative estimate of drug-likeness (QED) is 0.888. The molecule has 0 aliphatic rings. The number of nitrogens with zero attached hydrogens (tertiary/aromatic N) is 2. The molecule has 1 aromatic carbocycles. The maximum absolute atomic E-state index is 5.94. The SMILES string of the molecule is CCCn1ccnc1CNc1ccc(Cl)cc1C. The van der Waals surface area contributed by atoms with Crippen LogP contribution in [0.5, 0.6) is 0 Å². The fourth-order valence-electron chi connectivity index (χ4n) is 1.95. The molecule has 0 aliphatic heterocycles. The fourth-order valence-corrected chi connectivity index (χ4v) is 2.18. The standard InChI is InChI=1S/C14H18ClN3/c1-3-7-18-8-6-16-14(18)10-17-13-5-4-12(15)9-11(13)2/h4-6,8-9,17H,3,7,10H2,1-2H3. The molecule has 1 aromatic heterocycles. The first kappa shape index (κ1) is 13.0. The molecule has 0 radical (unpaired) electrons. The molecule has 3 nitrogen and oxygen atoms in total. The molecule has 96 valence electrons. The number of halogens is 1. The first-order valence-corrected chi connectivity index (χ1v) is 6.58. The van der Waals surface area contributed by atoms with Gasteiger partial charge in [0, 0.05) is 29.6 Å². The Morgan fingerprint density at radius 1 is 1.39 bits per heavy atom. The van der Waals surface area contributed by atoms with E-state index in [4.69, 9.17) is 11.6 Å². The van der Waals surface area contributed by atoms with Gasteiger partial charge in [-0.15, -0.1) is 0 Å². The van der Waals surface area contributed by atoms with Gasteiger partial charge in [-0.1, -0.05) is 18.5 Å². The van der Waals surface area contributed by atoms with Crippen LogP contribution >= 0.6 is 11.6 Å². The molecule has 0 spiro atoms. The van der Waals surface area contributed by atoms with Gasteiger partial charge in [-0.2, -0.15) is 0 Å². The summed E-state index contributed by atoms with van der Waals surface area (Å²) in [6.07, 6.45) is 4.99. The normalized spacial score (nSPS) is 10.6. The van der Waals surface area contributed by atoms with Gasteiger partial charge in [0.2, 0.25) is 0 Å². The molecule has 0 amide bonds. The van der Waals surface area contributed by atoms with E-state index in [2.05, 4.69) is 21.8 Å². The first-order valence-electron chi connectivity index (χ1n) is 6.20. The van der Waals surface area contributed by atoms with Gasteiger partial charge >= 0.3 is 0 Å². The Labute approximate surface area is 113 Å². The van der Waals surface area contributed by atoms with E-state index in [9.17, 15) is 0 Å². The van der Waals surface area contributed by atoms with Crippen molar-refractivity contribution in [2.45, 2.75) is 33.4 Å². The van der Waals surface area contributed by atoms with E-state index in [1.54, 1.807) is 0 Å². The molecule has 0 saturated heterocycles. The summed E-state index contributed by atoms with van der Waals surface area (Å²) in [6.45, 7) is 5.96. The molecule has 1 N–H and O–H groups in total. The van der Waals surface area contributed by atoms with Crippen LogP contribution in [-0.2, 0) is 13.1 Å². The van der Waals surface area contributed by atoms with Gasteiger partial charge in [0.15, 0.2) is 0 Å². The van der Waals surface area contributed by atoms with Crippen molar-refractivity contribution in [3.8, 4) is 0 Å². The average Bonchev–Trinajstić information content (AvgIpc) is 2.76. The molecule has 0 atom stereocenters. The zero-order chi connectivity index (χ0) is 13.0. The van der Waals surface area contributed by atoms with Crippen LogP contribution in [0.2, 0.25) is 5.02 Å². The molecule has 18 heavy (non-hydrogen) atoms. The minimum atomic E-state index is 0.732. The zero-order valence-corrected chi connectivity index (χ0v) is 11.5. The minimum Gasteiger partial charge on any atom is -0.378 e. The molecule has 0 aliphatic carbocycles. The number of imidazole rings is 1. The van der Waals surface area contributed by atoms with Crippen molar-refractivity contribution in [3.63, 3.8) is 0 Å². The minimum absolute atomic E-state index is 0.732. The second kappa shape index (κ2) is 5.91. The van der Waals surface area contributed by atoms with Gasteiger partial charge in [-0.25, -0.2) is 4.98 Å². The largest absolute Gasteiger partial charge is 0.378 e. The fraction of sp³-hybridized carbons (Fsp3) is 0.357. The number of hydrogen-bond acceptors (Lipinski definition) is 2. The molecule has 2 aromatic rings. The van der Waals surface area contributed by atoms with Crippen LogP contribution < -0.4 is 5.32 Å². The predicted molar refractivity (Wildman–Crippen MR) is 76.0 cm³/mol. The highest BCUT2D eigenvalue weighted by Gasteiger charge is 2.03. The Balaban J connectivity index is 2.04. The van der Waals surface area contributed by atoms with Crippen LogP contribution in [-0.4, -0.2) is 9.55 Å². The van der Waals surface area contributed by atoms with Crippen LogP contribution in [0, 0.1) is 6.92 Å². The predicted octanol–water partition coefficient (Wildman–Crippen LogP) is 3.87. The summed E-state index contributed by atoms with van der Waals surface area (Å²) in [7, 11) is 0. The lowest BCUT2D eigenvalue weighted by molar-refractivity contribution is 0.644. The maximum atomic E-state index is 5.94. The van der Waals surface area contributed by atoms with Crippen molar-refractivity contribution in [2.24, 2.45) is 0 Å². The van der Waals surface area contributed by atoms with Crippen LogP contribution in [0.1, 0.15) is 24.7 Å². The summed E-state index contributed by atoms with van der Waals surface area (Å²) in [5.41, 5.74) is 2.25. The van der Waals surface area contributed by atoms with Crippen LogP contribution in [0.25, 0.3) is 0 Å². The number of benzene rings is 1. The molecule has 0 bridgehead atoms. The molecule has 0 saturated carbocycles. The lowest BCUT2D eigenvalue weighted by Crippen LogP contribution is -2.08. The number of aryl methyl sites for hydroxylation is 2. The average molecular weight is 264 g/mol. The second-order valence-electron chi connectivity index (χ2n) is 4.35. The smallest absolute Gasteiger partial charge is 0.128 e. The van der Waals surface area contributed by atoms with Gasteiger partial charge < -0.3 is 9.88 Å². The number of nitrogens with one attached hydrogen (secondary N) is 1. The molecule has 0 fully saturated rings. The Morgan fingerprint density at radius 2 is 2.22 bits per heavy atom. The number of rotatable bonds is 5. The molecular formula is C14H18ClN3. The Morgan fingerprint density at radius 3 is 2.94 bits per heavy atom. The third-order valence-electron chi connectivity index (χ3n) is 2.89. The van der Waals surface area contributed by atoms with Gasteiger partial charge in [0.05, 0.1) is 6.54 Å². The van der Waals surface area contributed by atoms with E-state index in [1.165, 1.54) is 0 Å². The summed E-state index contributed by atoms with van der Waals surface area (Å²) in [4.78, 5) is 4.37. The maximum Gasteiger partial charge on any atom is 0.128 e. The van der Waals surface area contributed by atoms with E-state index >= 15 is 0 Å². The summed E-state index contributed by atoms with van der Waals surface area (Å²) in [6, 6.07) is 5.86. The highest BCUT2D eigenvalue weighted by atomic mass is 35.5. The van der Waals surface area contributed by atoms with Gasteiger partial charge in [-0.05, 0) is 37.1 Å². The third kappa shape index (κ3) is 3.05. The van der Waals surface area contributed by atoms with Gasteiger partial charge in [-0.3, -0.25) is 0 Å². The summed E-state index contributed by atoms with van der Waals surface area (Å²) < 4.78 is 2.18. The van der Waals surface area contributed by atoms with Crippen LogP contribution in [0.15, 0.2) is 30.6 Å². The zero-order valence-electron chi connectivity index (χ0n) is 10.8. The monoisotopic (exact) mass is 263 g/mol. The van der Waals surface area contributed by atoms with Gasteiger partial charge in [0.25, 0.3) is 0 Å². The summed E-state index contributed by atoms with van der Waals surface area (Å²) >= 11 is 5.94.